The molecule has 1 aliphatic rings. The Morgan fingerprint density at radius 3 is 2.59 bits per heavy atom. The van der Waals surface area contributed by atoms with Gasteiger partial charge in [0.25, 0.3) is 5.56 Å². The minimum Gasteiger partial charge on any atom is -0.463 e. The highest BCUT2D eigenvalue weighted by atomic mass is 35.5. The molecule has 0 saturated heterocycles. The van der Waals surface area contributed by atoms with Crippen LogP contribution in [0.25, 0.3) is 17.4 Å². The van der Waals surface area contributed by atoms with Gasteiger partial charge in [-0.3, -0.25) is 9.36 Å². The van der Waals surface area contributed by atoms with Gasteiger partial charge in [-0.05, 0) is 55.8 Å². The fourth-order valence-electron chi connectivity index (χ4n) is 4.46. The van der Waals surface area contributed by atoms with Crippen LogP contribution in [0.5, 0.6) is 0 Å². The van der Waals surface area contributed by atoms with E-state index in [9.17, 15) is 9.59 Å². The van der Waals surface area contributed by atoms with Crippen LogP contribution < -0.4 is 19.8 Å². The number of carbonyl (C=O) groups excluding carboxylic acids is 1. The van der Waals surface area contributed by atoms with E-state index in [1.807, 2.05) is 49.3 Å². The number of fused-ring (bicyclic) bond motifs is 1. The average molecular weight is 583 g/mol. The molecule has 0 unspecified atom stereocenters. The molecule has 2 aromatic heterocycles. The molecule has 0 bridgehead atoms. The third kappa shape index (κ3) is 5.07. The van der Waals surface area contributed by atoms with E-state index in [4.69, 9.17) is 32.4 Å². The molecular formula is C29H25Cl2N3O4S. The van der Waals surface area contributed by atoms with Crippen molar-refractivity contribution in [3.05, 3.63) is 107 Å². The first-order chi connectivity index (χ1) is 18.7. The van der Waals surface area contributed by atoms with E-state index < -0.39 is 12.0 Å². The molecule has 0 amide bonds. The molecule has 0 N–H and O–H groups in total. The van der Waals surface area contributed by atoms with E-state index in [0.29, 0.717) is 47.7 Å². The fraction of sp³-hybridized carbons (Fsp3) is 0.207. The Labute approximate surface area is 238 Å². The van der Waals surface area contributed by atoms with Gasteiger partial charge in [0.15, 0.2) is 4.80 Å². The summed E-state index contributed by atoms with van der Waals surface area (Å²) >= 11 is 13.7. The molecule has 7 nitrogen and oxygen atoms in total. The molecule has 2 aromatic carbocycles. The van der Waals surface area contributed by atoms with E-state index >= 15 is 0 Å². The number of thiazole rings is 1. The summed E-state index contributed by atoms with van der Waals surface area (Å²) in [5.74, 6) is 0.504. The summed E-state index contributed by atoms with van der Waals surface area (Å²) in [7, 11) is 3.90. The van der Waals surface area contributed by atoms with Crippen LogP contribution in [-0.2, 0) is 9.53 Å². The Morgan fingerprint density at radius 2 is 1.90 bits per heavy atom. The number of allylic oxidation sites excluding steroid dienone is 1. The van der Waals surface area contributed by atoms with Crippen molar-refractivity contribution < 1.29 is 13.9 Å². The third-order valence-corrected chi connectivity index (χ3v) is 8.16. The molecular weight excluding hydrogens is 557 g/mol. The molecule has 1 atom stereocenters. The van der Waals surface area contributed by atoms with Gasteiger partial charge < -0.3 is 14.1 Å². The maximum absolute atomic E-state index is 13.8. The van der Waals surface area contributed by atoms with Gasteiger partial charge >= 0.3 is 5.97 Å². The second kappa shape index (κ2) is 10.9. The standard InChI is InChI=1S/C29H25Cl2N3O4S/c1-5-37-28(36)24-16(2)32-29-34(26(24)17-9-11-18(12-10-17)33(3)4)27(35)23(39-29)15-19-13-14-22(38-19)20-7-6-8-21(30)25(20)31/h6-15,26H,5H2,1-4H3/b23-15+/t26-/m0/s1. The second-order valence-electron chi connectivity index (χ2n) is 9.09. The number of rotatable bonds is 6. The molecule has 200 valence electrons. The van der Waals surface area contributed by atoms with Crippen molar-refractivity contribution in [2.45, 2.75) is 19.9 Å². The van der Waals surface area contributed by atoms with Gasteiger partial charge in [-0.15, -0.1) is 0 Å². The summed E-state index contributed by atoms with van der Waals surface area (Å²) in [4.78, 5) is 34.0. The minimum atomic E-state index is -0.684. The van der Waals surface area contributed by atoms with Gasteiger partial charge in [0.05, 0.1) is 38.5 Å². The van der Waals surface area contributed by atoms with Crippen molar-refractivity contribution in [2.24, 2.45) is 4.99 Å². The number of halogens is 2. The maximum Gasteiger partial charge on any atom is 0.338 e. The number of aromatic nitrogens is 1. The predicted octanol–water partition coefficient (Wildman–Crippen LogP) is 5.43. The zero-order valence-corrected chi connectivity index (χ0v) is 24.0. The maximum atomic E-state index is 13.8. The summed E-state index contributed by atoms with van der Waals surface area (Å²) in [6, 6.07) is 15.9. The number of nitrogens with zero attached hydrogens (tertiary/aromatic N) is 3. The molecule has 0 radical (unpaired) electrons. The smallest absolute Gasteiger partial charge is 0.338 e. The summed E-state index contributed by atoms with van der Waals surface area (Å²) in [5.41, 5.74) is 3.00. The van der Waals surface area contributed by atoms with Crippen molar-refractivity contribution in [3.63, 3.8) is 0 Å². The third-order valence-electron chi connectivity index (χ3n) is 6.36. The summed E-state index contributed by atoms with van der Waals surface area (Å²) in [6.45, 7) is 3.72. The van der Waals surface area contributed by atoms with E-state index in [1.54, 1.807) is 48.8 Å². The molecule has 10 heteroatoms. The van der Waals surface area contributed by atoms with Crippen LogP contribution in [0.4, 0.5) is 5.69 Å². The van der Waals surface area contributed by atoms with Crippen molar-refractivity contribution in [1.29, 1.82) is 0 Å². The van der Waals surface area contributed by atoms with Gasteiger partial charge in [-0.1, -0.05) is 52.7 Å². The van der Waals surface area contributed by atoms with E-state index in [0.717, 1.165) is 11.3 Å². The second-order valence-corrected chi connectivity index (χ2v) is 10.9. The van der Waals surface area contributed by atoms with Crippen molar-refractivity contribution >= 4 is 52.3 Å². The Bertz CT molecular complexity index is 1780. The van der Waals surface area contributed by atoms with Gasteiger partial charge in [0.1, 0.15) is 11.5 Å². The topological polar surface area (TPSA) is 77.0 Å². The number of carbonyl (C=O) groups is 1. The molecule has 5 rings (SSSR count). The zero-order chi connectivity index (χ0) is 27.8. The molecule has 0 spiro atoms. The molecule has 0 aliphatic carbocycles. The van der Waals surface area contributed by atoms with Crippen LogP contribution in [0.2, 0.25) is 10.0 Å². The van der Waals surface area contributed by atoms with Crippen LogP contribution in [0, 0.1) is 0 Å². The van der Waals surface area contributed by atoms with Crippen LogP contribution in [0.15, 0.2) is 80.1 Å². The number of hydrogen-bond acceptors (Lipinski definition) is 7. The van der Waals surface area contributed by atoms with E-state index in [-0.39, 0.29) is 12.2 Å². The van der Waals surface area contributed by atoms with Gasteiger partial charge in [0, 0.05) is 31.4 Å². The lowest BCUT2D eigenvalue weighted by molar-refractivity contribution is -0.139. The Hall–Kier alpha value is -3.59. The highest BCUT2D eigenvalue weighted by Crippen LogP contribution is 2.35. The van der Waals surface area contributed by atoms with E-state index in [2.05, 4.69) is 4.99 Å². The Morgan fingerprint density at radius 1 is 1.15 bits per heavy atom. The molecule has 3 heterocycles. The summed E-state index contributed by atoms with van der Waals surface area (Å²) in [6.07, 6.45) is 1.67. The average Bonchev–Trinajstić information content (AvgIpc) is 3.49. The highest BCUT2D eigenvalue weighted by molar-refractivity contribution is 7.07. The van der Waals surface area contributed by atoms with Crippen molar-refractivity contribution in [1.82, 2.24) is 4.57 Å². The number of esters is 1. The lowest BCUT2D eigenvalue weighted by Crippen LogP contribution is -2.39. The number of anilines is 1. The largest absolute Gasteiger partial charge is 0.463 e. The SMILES string of the molecule is CCOC(=O)C1=C(C)N=c2s/c(=C/c3ccc(-c4cccc(Cl)c4Cl)o3)c(=O)n2[C@H]1c1ccc(N(C)C)cc1. The number of hydrogen-bond donors (Lipinski definition) is 0. The number of furan rings is 1. The predicted molar refractivity (Wildman–Crippen MR) is 155 cm³/mol. The van der Waals surface area contributed by atoms with Crippen molar-refractivity contribution in [3.8, 4) is 11.3 Å². The molecule has 39 heavy (non-hydrogen) atoms. The first kappa shape index (κ1) is 27.0. The highest BCUT2D eigenvalue weighted by Gasteiger charge is 2.33. The monoisotopic (exact) mass is 581 g/mol. The fourth-order valence-corrected chi connectivity index (χ4v) is 5.88. The van der Waals surface area contributed by atoms with Crippen molar-refractivity contribution in [2.75, 3.05) is 25.6 Å². The first-order valence-corrected chi connectivity index (χ1v) is 13.8. The van der Waals surface area contributed by atoms with Crippen LogP contribution in [0.1, 0.15) is 31.2 Å². The quantitative estimate of drug-likeness (QED) is 0.284. The molecule has 1 aliphatic heterocycles. The summed E-state index contributed by atoms with van der Waals surface area (Å²) in [5, 5.41) is 0.813. The minimum absolute atomic E-state index is 0.212. The van der Waals surface area contributed by atoms with Gasteiger partial charge in [0.2, 0.25) is 0 Å². The normalized spacial score (nSPS) is 15.2. The van der Waals surface area contributed by atoms with Gasteiger partial charge in [-0.2, -0.15) is 0 Å². The zero-order valence-electron chi connectivity index (χ0n) is 21.7. The van der Waals surface area contributed by atoms with Crippen LogP contribution in [0.3, 0.4) is 0 Å². The Balaban J connectivity index is 1.63. The van der Waals surface area contributed by atoms with Crippen LogP contribution >= 0.6 is 34.5 Å². The number of benzene rings is 2. The van der Waals surface area contributed by atoms with Crippen LogP contribution in [-0.4, -0.2) is 31.2 Å². The Kier molecular flexibility index (Phi) is 7.53. The van der Waals surface area contributed by atoms with Gasteiger partial charge in [-0.25, -0.2) is 9.79 Å². The lowest BCUT2D eigenvalue weighted by Gasteiger charge is -2.25. The molecule has 0 saturated carbocycles. The van der Waals surface area contributed by atoms with E-state index in [1.165, 1.54) is 11.3 Å². The molecule has 4 aromatic rings. The number of ether oxygens (including phenoxy) is 1. The lowest BCUT2D eigenvalue weighted by atomic mass is 9.95. The first-order valence-electron chi connectivity index (χ1n) is 12.2. The summed E-state index contributed by atoms with van der Waals surface area (Å²) < 4.78 is 13.3. The molecule has 0 fully saturated rings.